The Morgan fingerprint density at radius 1 is 1.28 bits per heavy atom. The average molecular weight is 254 g/mol. The molecule has 1 N–H and O–H groups in total. The fourth-order valence-electron chi connectivity index (χ4n) is 2.28. The second kappa shape index (κ2) is 5.76. The molecule has 1 unspecified atom stereocenters. The topological polar surface area (TPSA) is 15.3 Å². The number of nitrogens with one attached hydrogen (secondary N) is 1. The molecule has 100 valence electrons. The van der Waals surface area contributed by atoms with Crippen LogP contribution in [-0.4, -0.2) is 31.6 Å². The van der Waals surface area contributed by atoms with Gasteiger partial charge in [-0.25, -0.2) is 8.78 Å². The van der Waals surface area contributed by atoms with Gasteiger partial charge in [0.15, 0.2) is 0 Å². The molecule has 0 spiro atoms. The van der Waals surface area contributed by atoms with Gasteiger partial charge in [0.25, 0.3) is 0 Å². The summed E-state index contributed by atoms with van der Waals surface area (Å²) in [5.41, 5.74) is 0.680. The number of rotatable bonds is 6. The number of benzene rings is 1. The second-order valence-corrected chi connectivity index (χ2v) is 5.04. The second-order valence-electron chi connectivity index (χ2n) is 5.04. The maximum atomic E-state index is 13.2. The number of hydrogen-bond acceptors (Lipinski definition) is 2. The average Bonchev–Trinajstić information content (AvgIpc) is 3.12. The van der Waals surface area contributed by atoms with E-state index in [1.807, 2.05) is 7.05 Å². The highest BCUT2D eigenvalue weighted by molar-refractivity contribution is 5.21. The van der Waals surface area contributed by atoms with E-state index in [1.165, 1.54) is 25.0 Å². The number of halogens is 2. The lowest BCUT2D eigenvalue weighted by Gasteiger charge is -2.21. The van der Waals surface area contributed by atoms with Crippen LogP contribution in [0.2, 0.25) is 0 Å². The van der Waals surface area contributed by atoms with Crippen LogP contribution in [-0.2, 0) is 0 Å². The summed E-state index contributed by atoms with van der Waals surface area (Å²) in [5.74, 6) is -1.03. The molecule has 1 fully saturated rings. The molecular formula is C14H20F2N2. The number of hydrogen-bond donors (Lipinski definition) is 1. The molecule has 1 aliphatic rings. The zero-order valence-corrected chi connectivity index (χ0v) is 10.9. The van der Waals surface area contributed by atoms with Gasteiger partial charge in [-0.05, 0) is 57.6 Å². The molecular weight excluding hydrogens is 234 g/mol. The SMILES string of the molecule is CNC(CCN(C)C1CC1)c1cc(F)cc(F)c1. The van der Waals surface area contributed by atoms with Crippen molar-refractivity contribution in [3.63, 3.8) is 0 Å². The Morgan fingerprint density at radius 2 is 1.89 bits per heavy atom. The van der Waals surface area contributed by atoms with Crippen LogP contribution in [0.1, 0.15) is 30.9 Å². The maximum absolute atomic E-state index is 13.2. The van der Waals surface area contributed by atoms with Gasteiger partial charge in [0.2, 0.25) is 0 Å². The minimum absolute atomic E-state index is 0.00333. The van der Waals surface area contributed by atoms with Gasteiger partial charge >= 0.3 is 0 Å². The summed E-state index contributed by atoms with van der Waals surface area (Å²) in [5, 5.41) is 3.13. The highest BCUT2D eigenvalue weighted by Gasteiger charge is 2.26. The summed E-state index contributed by atoms with van der Waals surface area (Å²) in [6.45, 7) is 0.939. The number of nitrogens with zero attached hydrogens (tertiary/aromatic N) is 1. The van der Waals surface area contributed by atoms with Gasteiger partial charge in [0, 0.05) is 18.2 Å². The fourth-order valence-corrected chi connectivity index (χ4v) is 2.28. The molecule has 0 bridgehead atoms. The normalized spacial score (nSPS) is 17.2. The third-order valence-electron chi connectivity index (χ3n) is 3.58. The molecule has 0 amide bonds. The van der Waals surface area contributed by atoms with Gasteiger partial charge in [-0.2, -0.15) is 0 Å². The van der Waals surface area contributed by atoms with Crippen molar-refractivity contribution in [3.05, 3.63) is 35.4 Å². The Kier molecular flexibility index (Phi) is 4.30. The highest BCUT2D eigenvalue weighted by atomic mass is 19.1. The van der Waals surface area contributed by atoms with Gasteiger partial charge in [-0.15, -0.1) is 0 Å². The molecule has 0 aromatic heterocycles. The Hall–Kier alpha value is -1.00. The first kappa shape index (κ1) is 13.4. The van der Waals surface area contributed by atoms with E-state index >= 15 is 0 Å². The van der Waals surface area contributed by atoms with Crippen LogP contribution in [0.4, 0.5) is 8.78 Å². The van der Waals surface area contributed by atoms with Crippen molar-refractivity contribution in [3.8, 4) is 0 Å². The molecule has 2 nitrogen and oxygen atoms in total. The predicted octanol–water partition coefficient (Wildman–Crippen LogP) is 2.71. The minimum Gasteiger partial charge on any atom is -0.313 e. The van der Waals surface area contributed by atoms with Gasteiger partial charge < -0.3 is 10.2 Å². The summed E-state index contributed by atoms with van der Waals surface area (Å²) in [7, 11) is 3.93. The Balaban J connectivity index is 1.98. The summed E-state index contributed by atoms with van der Waals surface area (Å²) in [6.07, 6.45) is 3.40. The zero-order chi connectivity index (χ0) is 13.1. The van der Waals surface area contributed by atoms with Crippen LogP contribution < -0.4 is 5.32 Å². The quantitative estimate of drug-likeness (QED) is 0.839. The maximum Gasteiger partial charge on any atom is 0.126 e. The molecule has 1 aromatic rings. The molecule has 0 heterocycles. The van der Waals surface area contributed by atoms with Crippen LogP contribution >= 0.6 is 0 Å². The van der Waals surface area contributed by atoms with Crippen LogP contribution in [0.25, 0.3) is 0 Å². The molecule has 0 saturated heterocycles. The fraction of sp³-hybridized carbons (Fsp3) is 0.571. The lowest BCUT2D eigenvalue weighted by Crippen LogP contribution is -2.27. The molecule has 1 aromatic carbocycles. The van der Waals surface area contributed by atoms with E-state index in [4.69, 9.17) is 0 Å². The van der Waals surface area contributed by atoms with E-state index in [2.05, 4.69) is 17.3 Å². The monoisotopic (exact) mass is 254 g/mol. The Bertz CT molecular complexity index is 385. The molecule has 4 heteroatoms. The smallest absolute Gasteiger partial charge is 0.126 e. The summed E-state index contributed by atoms with van der Waals surface area (Å²) < 4.78 is 26.4. The molecule has 2 rings (SSSR count). The van der Waals surface area contributed by atoms with Crippen LogP contribution in [0.5, 0.6) is 0 Å². The zero-order valence-electron chi connectivity index (χ0n) is 10.9. The van der Waals surface area contributed by atoms with Gasteiger partial charge in [-0.1, -0.05) is 0 Å². The van der Waals surface area contributed by atoms with Crippen LogP contribution in [0.15, 0.2) is 18.2 Å². The van der Waals surface area contributed by atoms with E-state index in [-0.39, 0.29) is 6.04 Å². The van der Waals surface area contributed by atoms with Crippen molar-refractivity contribution in [2.45, 2.75) is 31.3 Å². The van der Waals surface area contributed by atoms with Crippen molar-refractivity contribution in [1.29, 1.82) is 0 Å². The first-order valence-corrected chi connectivity index (χ1v) is 6.43. The molecule has 1 atom stereocenters. The van der Waals surface area contributed by atoms with Crippen molar-refractivity contribution < 1.29 is 8.78 Å². The third-order valence-corrected chi connectivity index (χ3v) is 3.58. The largest absolute Gasteiger partial charge is 0.313 e. The lowest BCUT2D eigenvalue weighted by atomic mass is 10.0. The summed E-state index contributed by atoms with van der Waals surface area (Å²) in [6, 6.07) is 4.43. The van der Waals surface area contributed by atoms with E-state index in [1.54, 1.807) is 0 Å². The van der Waals surface area contributed by atoms with E-state index in [0.717, 1.165) is 19.0 Å². The van der Waals surface area contributed by atoms with Crippen molar-refractivity contribution >= 4 is 0 Å². The van der Waals surface area contributed by atoms with Crippen LogP contribution in [0, 0.1) is 11.6 Å². The Labute approximate surface area is 107 Å². The first-order chi connectivity index (χ1) is 8.60. The molecule has 0 aliphatic heterocycles. The summed E-state index contributed by atoms with van der Waals surface area (Å²) in [4.78, 5) is 2.32. The highest BCUT2D eigenvalue weighted by Crippen LogP contribution is 2.27. The minimum atomic E-state index is -0.513. The van der Waals surface area contributed by atoms with Gasteiger partial charge in [0.1, 0.15) is 11.6 Å². The van der Waals surface area contributed by atoms with Crippen molar-refractivity contribution in [2.75, 3.05) is 20.6 Å². The molecule has 18 heavy (non-hydrogen) atoms. The summed E-state index contributed by atoms with van der Waals surface area (Å²) >= 11 is 0. The van der Waals surface area contributed by atoms with Crippen molar-refractivity contribution in [2.24, 2.45) is 0 Å². The van der Waals surface area contributed by atoms with E-state index in [0.29, 0.717) is 11.6 Å². The van der Waals surface area contributed by atoms with E-state index in [9.17, 15) is 8.78 Å². The molecule has 0 radical (unpaired) electrons. The molecule has 1 aliphatic carbocycles. The van der Waals surface area contributed by atoms with Crippen molar-refractivity contribution in [1.82, 2.24) is 10.2 Å². The van der Waals surface area contributed by atoms with Gasteiger partial charge in [-0.3, -0.25) is 0 Å². The van der Waals surface area contributed by atoms with E-state index < -0.39 is 11.6 Å². The van der Waals surface area contributed by atoms with Gasteiger partial charge in [0.05, 0.1) is 0 Å². The Morgan fingerprint density at radius 3 is 2.39 bits per heavy atom. The first-order valence-electron chi connectivity index (χ1n) is 6.43. The third kappa shape index (κ3) is 3.50. The standard InChI is InChI=1S/C14H20F2N2/c1-17-14(5-6-18(2)13-3-4-13)10-7-11(15)9-12(16)8-10/h7-9,13-14,17H,3-6H2,1-2H3. The van der Waals surface area contributed by atoms with Crippen LogP contribution in [0.3, 0.4) is 0 Å². The lowest BCUT2D eigenvalue weighted by molar-refractivity contribution is 0.301. The molecule has 1 saturated carbocycles. The predicted molar refractivity (Wildman–Crippen MR) is 68.4 cm³/mol.